The molecule has 0 saturated heterocycles. The first-order valence-corrected chi connectivity index (χ1v) is 8.08. The van der Waals surface area contributed by atoms with E-state index in [9.17, 15) is 0 Å². The summed E-state index contributed by atoms with van der Waals surface area (Å²) in [6.45, 7) is 6.35. The lowest BCUT2D eigenvalue weighted by atomic mass is 10.2. The minimum Gasteiger partial charge on any atom is -0.494 e. The molecule has 0 radical (unpaired) electrons. The number of benzene rings is 1. The Morgan fingerprint density at radius 1 is 1.29 bits per heavy atom. The van der Waals surface area contributed by atoms with Crippen molar-refractivity contribution in [3.05, 3.63) is 29.8 Å². The Bertz CT molecular complexity index is 453. The van der Waals surface area contributed by atoms with Gasteiger partial charge in [0.1, 0.15) is 5.75 Å². The average molecular weight is 289 g/mol. The third-order valence-electron chi connectivity index (χ3n) is 3.67. The van der Waals surface area contributed by atoms with Gasteiger partial charge in [0.05, 0.1) is 13.2 Å². The van der Waals surface area contributed by atoms with Crippen LogP contribution >= 0.6 is 0 Å². The maximum absolute atomic E-state index is 5.53. The minimum absolute atomic E-state index is 0.581. The van der Waals surface area contributed by atoms with E-state index in [0.29, 0.717) is 19.2 Å². The lowest BCUT2D eigenvalue weighted by Gasteiger charge is -2.16. The smallest absolute Gasteiger partial charge is 0.191 e. The summed E-state index contributed by atoms with van der Waals surface area (Å²) < 4.78 is 5.53. The molecule has 4 heteroatoms. The van der Waals surface area contributed by atoms with E-state index in [4.69, 9.17) is 4.74 Å². The Kier molecular flexibility index (Phi) is 6.38. The number of hydrogen-bond donors (Lipinski definition) is 2. The molecular weight excluding hydrogens is 262 g/mol. The summed E-state index contributed by atoms with van der Waals surface area (Å²) in [4.78, 5) is 4.69. The topological polar surface area (TPSA) is 45.7 Å². The van der Waals surface area contributed by atoms with Gasteiger partial charge in [-0.25, -0.2) is 4.99 Å². The van der Waals surface area contributed by atoms with E-state index in [1.54, 1.807) is 0 Å². The molecule has 1 saturated carbocycles. The van der Waals surface area contributed by atoms with Crippen LogP contribution in [0, 0.1) is 0 Å². The van der Waals surface area contributed by atoms with Gasteiger partial charge >= 0.3 is 0 Å². The molecule has 1 aromatic carbocycles. The highest BCUT2D eigenvalue weighted by Gasteiger charge is 2.15. The molecule has 4 nitrogen and oxygen atoms in total. The lowest BCUT2D eigenvalue weighted by molar-refractivity contribution is 0.340. The number of rotatable bonds is 6. The molecule has 0 bridgehead atoms. The third kappa shape index (κ3) is 5.29. The predicted octanol–water partition coefficient (Wildman–Crippen LogP) is 3.08. The van der Waals surface area contributed by atoms with Crippen molar-refractivity contribution in [2.75, 3.05) is 13.2 Å². The zero-order chi connectivity index (χ0) is 14.9. The first-order valence-electron chi connectivity index (χ1n) is 8.08. The normalized spacial score (nSPS) is 16.0. The van der Waals surface area contributed by atoms with Gasteiger partial charge in [-0.3, -0.25) is 0 Å². The van der Waals surface area contributed by atoms with Crippen LogP contribution in [0.2, 0.25) is 0 Å². The van der Waals surface area contributed by atoms with Crippen LogP contribution in [0.15, 0.2) is 29.3 Å². The van der Waals surface area contributed by atoms with Gasteiger partial charge in [-0.1, -0.05) is 25.0 Å². The number of aliphatic imine (C=N–C) groups is 1. The summed E-state index contributed by atoms with van der Waals surface area (Å²) in [5.74, 6) is 1.84. The van der Waals surface area contributed by atoms with Crippen LogP contribution in [0.3, 0.4) is 0 Å². The van der Waals surface area contributed by atoms with E-state index in [-0.39, 0.29) is 0 Å². The molecule has 1 aliphatic carbocycles. The lowest BCUT2D eigenvalue weighted by Crippen LogP contribution is -2.42. The molecule has 0 atom stereocenters. The Hall–Kier alpha value is -1.71. The van der Waals surface area contributed by atoms with Crippen molar-refractivity contribution in [1.82, 2.24) is 10.6 Å². The molecule has 0 amide bonds. The van der Waals surface area contributed by atoms with Gasteiger partial charge in [0.25, 0.3) is 0 Å². The van der Waals surface area contributed by atoms with Gasteiger partial charge in [0.15, 0.2) is 5.96 Å². The highest BCUT2D eigenvalue weighted by atomic mass is 16.5. The molecule has 1 aliphatic rings. The molecule has 0 heterocycles. The highest BCUT2D eigenvalue weighted by Crippen LogP contribution is 2.17. The van der Waals surface area contributed by atoms with Crippen molar-refractivity contribution >= 4 is 5.96 Å². The number of ether oxygens (including phenoxy) is 1. The average Bonchev–Trinajstić information content (AvgIpc) is 2.99. The number of guanidine groups is 1. The fourth-order valence-electron chi connectivity index (χ4n) is 2.65. The van der Waals surface area contributed by atoms with Gasteiger partial charge in [0.2, 0.25) is 0 Å². The molecule has 2 rings (SSSR count). The van der Waals surface area contributed by atoms with Crippen molar-refractivity contribution < 1.29 is 4.74 Å². The van der Waals surface area contributed by atoms with E-state index in [2.05, 4.69) is 34.7 Å². The van der Waals surface area contributed by atoms with E-state index < -0.39 is 0 Å². The molecule has 0 aliphatic heterocycles. The first-order chi connectivity index (χ1) is 10.3. The van der Waals surface area contributed by atoms with Crippen LogP contribution in [-0.2, 0) is 6.54 Å². The zero-order valence-corrected chi connectivity index (χ0v) is 13.2. The van der Waals surface area contributed by atoms with Crippen molar-refractivity contribution in [1.29, 1.82) is 0 Å². The number of nitrogens with one attached hydrogen (secondary N) is 2. The standard InChI is InChI=1S/C17H27N3O/c1-3-18-17(20-15-9-5-6-10-15)19-13-14-8-7-11-16(12-14)21-4-2/h7-8,11-12,15H,3-6,9-10,13H2,1-2H3,(H2,18,19,20). The maximum atomic E-state index is 5.53. The Balaban J connectivity index is 1.95. The van der Waals surface area contributed by atoms with E-state index in [1.165, 1.54) is 31.2 Å². The van der Waals surface area contributed by atoms with Crippen molar-refractivity contribution in [2.45, 2.75) is 52.1 Å². The Morgan fingerprint density at radius 2 is 2.10 bits per heavy atom. The molecule has 116 valence electrons. The fraction of sp³-hybridized carbons (Fsp3) is 0.588. The summed E-state index contributed by atoms with van der Waals surface area (Å²) in [7, 11) is 0. The molecule has 1 aromatic rings. The summed E-state index contributed by atoms with van der Waals surface area (Å²) in [6, 6.07) is 8.74. The Morgan fingerprint density at radius 3 is 2.81 bits per heavy atom. The summed E-state index contributed by atoms with van der Waals surface area (Å²) in [6.07, 6.45) is 5.16. The van der Waals surface area contributed by atoms with E-state index >= 15 is 0 Å². The molecule has 1 fully saturated rings. The summed E-state index contributed by atoms with van der Waals surface area (Å²) in [5.41, 5.74) is 1.17. The quantitative estimate of drug-likeness (QED) is 0.625. The van der Waals surface area contributed by atoms with Gasteiger partial charge < -0.3 is 15.4 Å². The molecular formula is C17H27N3O. The van der Waals surface area contributed by atoms with Crippen LogP contribution in [0.25, 0.3) is 0 Å². The van der Waals surface area contributed by atoms with Gasteiger partial charge in [-0.05, 0) is 44.4 Å². The van der Waals surface area contributed by atoms with Gasteiger partial charge in [-0.15, -0.1) is 0 Å². The molecule has 0 unspecified atom stereocenters. The molecule has 2 N–H and O–H groups in total. The highest BCUT2D eigenvalue weighted by molar-refractivity contribution is 5.80. The largest absolute Gasteiger partial charge is 0.494 e. The second-order valence-corrected chi connectivity index (χ2v) is 5.40. The van der Waals surface area contributed by atoms with Gasteiger partial charge in [-0.2, -0.15) is 0 Å². The predicted molar refractivity (Wildman–Crippen MR) is 87.8 cm³/mol. The fourth-order valence-corrected chi connectivity index (χ4v) is 2.65. The molecule has 0 spiro atoms. The zero-order valence-electron chi connectivity index (χ0n) is 13.2. The van der Waals surface area contributed by atoms with Crippen LogP contribution in [0.4, 0.5) is 0 Å². The van der Waals surface area contributed by atoms with Crippen LogP contribution in [0.1, 0.15) is 45.1 Å². The van der Waals surface area contributed by atoms with E-state index in [0.717, 1.165) is 18.3 Å². The second kappa shape index (κ2) is 8.55. The van der Waals surface area contributed by atoms with Crippen molar-refractivity contribution in [3.63, 3.8) is 0 Å². The van der Waals surface area contributed by atoms with Gasteiger partial charge in [0, 0.05) is 12.6 Å². The molecule has 21 heavy (non-hydrogen) atoms. The number of hydrogen-bond acceptors (Lipinski definition) is 2. The van der Waals surface area contributed by atoms with Crippen LogP contribution < -0.4 is 15.4 Å². The summed E-state index contributed by atoms with van der Waals surface area (Å²) in [5, 5.41) is 6.86. The van der Waals surface area contributed by atoms with Crippen molar-refractivity contribution in [2.24, 2.45) is 4.99 Å². The first kappa shape index (κ1) is 15.7. The monoisotopic (exact) mass is 289 g/mol. The minimum atomic E-state index is 0.581. The van der Waals surface area contributed by atoms with Crippen LogP contribution in [-0.4, -0.2) is 25.2 Å². The Labute approximate surface area is 128 Å². The summed E-state index contributed by atoms with van der Waals surface area (Å²) >= 11 is 0. The second-order valence-electron chi connectivity index (χ2n) is 5.40. The SMILES string of the molecule is CCNC(=NCc1cccc(OCC)c1)NC1CCCC1. The number of nitrogens with zero attached hydrogens (tertiary/aromatic N) is 1. The third-order valence-corrected chi connectivity index (χ3v) is 3.67. The maximum Gasteiger partial charge on any atom is 0.191 e. The van der Waals surface area contributed by atoms with E-state index in [1.807, 2.05) is 19.1 Å². The van der Waals surface area contributed by atoms with Crippen LogP contribution in [0.5, 0.6) is 5.75 Å². The van der Waals surface area contributed by atoms with Crippen molar-refractivity contribution in [3.8, 4) is 5.75 Å². The molecule has 0 aromatic heterocycles.